The fourth-order valence-electron chi connectivity index (χ4n) is 3.17. The predicted octanol–water partition coefficient (Wildman–Crippen LogP) is 5.51. The highest BCUT2D eigenvalue weighted by Gasteiger charge is 2.15. The van der Waals surface area contributed by atoms with E-state index < -0.39 is 0 Å². The van der Waals surface area contributed by atoms with E-state index in [-0.39, 0.29) is 6.03 Å². The molecule has 1 heterocycles. The van der Waals surface area contributed by atoms with Crippen molar-refractivity contribution in [2.45, 2.75) is 26.4 Å². The van der Waals surface area contributed by atoms with E-state index in [1.165, 1.54) is 0 Å². The van der Waals surface area contributed by atoms with Crippen molar-refractivity contribution in [3.8, 4) is 6.07 Å². The van der Waals surface area contributed by atoms with Crippen molar-refractivity contribution < 1.29 is 4.79 Å². The maximum absolute atomic E-state index is 12.8. The summed E-state index contributed by atoms with van der Waals surface area (Å²) in [4.78, 5) is 14.6. The van der Waals surface area contributed by atoms with Crippen molar-refractivity contribution in [1.29, 1.82) is 5.26 Å². The summed E-state index contributed by atoms with van der Waals surface area (Å²) in [7, 11) is 0. The molecule has 1 aromatic heterocycles. The molecule has 1 N–H and O–H groups in total. The Labute approximate surface area is 176 Å². The van der Waals surface area contributed by atoms with Gasteiger partial charge in [0.15, 0.2) is 0 Å². The number of nitrogens with zero attached hydrogens (tertiary/aromatic N) is 3. The van der Waals surface area contributed by atoms with Crippen LogP contribution < -0.4 is 5.32 Å². The van der Waals surface area contributed by atoms with E-state index in [4.69, 9.17) is 16.9 Å². The lowest BCUT2D eigenvalue weighted by Gasteiger charge is -2.23. The van der Waals surface area contributed by atoms with Gasteiger partial charge in [-0.3, -0.25) is 0 Å². The van der Waals surface area contributed by atoms with E-state index in [0.717, 1.165) is 17.7 Å². The summed E-state index contributed by atoms with van der Waals surface area (Å²) in [5.41, 5.74) is 3.28. The molecule has 0 aliphatic rings. The normalized spacial score (nSPS) is 10.4. The second-order valence-electron chi connectivity index (χ2n) is 6.80. The topological polar surface area (TPSA) is 61.1 Å². The maximum atomic E-state index is 12.8. The van der Waals surface area contributed by atoms with Crippen LogP contribution in [-0.4, -0.2) is 22.0 Å². The average Bonchev–Trinajstić information content (AvgIpc) is 3.14. The van der Waals surface area contributed by atoms with Gasteiger partial charge in [-0.1, -0.05) is 36.7 Å². The minimum atomic E-state index is -0.183. The standard InChI is InChI=1S/C23H23ClN4O/c1-2-11-28(23(29)26-21-9-4-6-18(14-21)15-25)17-22-10-5-12-27(22)16-19-7-3-8-20(24)13-19/h3-10,12-14H,2,11,16-17H2,1H3,(H,26,29). The molecule has 0 bridgehead atoms. The van der Waals surface area contributed by atoms with Gasteiger partial charge in [0.2, 0.25) is 0 Å². The summed E-state index contributed by atoms with van der Waals surface area (Å²) < 4.78 is 2.12. The Morgan fingerprint density at radius 2 is 2.00 bits per heavy atom. The largest absolute Gasteiger partial charge is 0.345 e. The molecule has 0 saturated heterocycles. The number of benzene rings is 2. The second-order valence-corrected chi connectivity index (χ2v) is 7.24. The Balaban J connectivity index is 1.73. The Morgan fingerprint density at radius 1 is 1.17 bits per heavy atom. The van der Waals surface area contributed by atoms with E-state index in [1.807, 2.05) is 49.5 Å². The van der Waals surface area contributed by atoms with Crippen molar-refractivity contribution >= 4 is 23.3 Å². The van der Waals surface area contributed by atoms with Crippen LogP contribution in [0, 0.1) is 11.3 Å². The van der Waals surface area contributed by atoms with Crippen LogP contribution in [0.2, 0.25) is 5.02 Å². The molecule has 0 radical (unpaired) electrons. The van der Waals surface area contributed by atoms with Gasteiger partial charge >= 0.3 is 6.03 Å². The Morgan fingerprint density at radius 3 is 2.76 bits per heavy atom. The quantitative estimate of drug-likeness (QED) is 0.562. The van der Waals surface area contributed by atoms with Gasteiger partial charge in [0.1, 0.15) is 0 Å². The molecular formula is C23H23ClN4O. The fraction of sp³-hybridized carbons (Fsp3) is 0.217. The van der Waals surface area contributed by atoms with Crippen LogP contribution in [0.1, 0.15) is 30.2 Å². The van der Waals surface area contributed by atoms with Crippen molar-refractivity contribution in [3.63, 3.8) is 0 Å². The van der Waals surface area contributed by atoms with Crippen molar-refractivity contribution in [1.82, 2.24) is 9.47 Å². The van der Waals surface area contributed by atoms with Gasteiger partial charge in [-0.25, -0.2) is 4.79 Å². The number of hydrogen-bond donors (Lipinski definition) is 1. The van der Waals surface area contributed by atoms with E-state index in [1.54, 1.807) is 29.2 Å². The van der Waals surface area contributed by atoms with Gasteiger partial charge in [0, 0.05) is 35.7 Å². The highest BCUT2D eigenvalue weighted by Crippen LogP contribution is 2.16. The van der Waals surface area contributed by atoms with Crippen molar-refractivity contribution in [2.24, 2.45) is 0 Å². The smallest absolute Gasteiger partial charge is 0.322 e. The molecular weight excluding hydrogens is 384 g/mol. The van der Waals surface area contributed by atoms with Gasteiger partial charge in [0.05, 0.1) is 18.2 Å². The van der Waals surface area contributed by atoms with E-state index in [2.05, 4.69) is 16.0 Å². The molecule has 3 rings (SSSR count). The molecule has 0 fully saturated rings. The van der Waals surface area contributed by atoms with Crippen molar-refractivity contribution in [2.75, 3.05) is 11.9 Å². The predicted molar refractivity (Wildman–Crippen MR) is 116 cm³/mol. The number of urea groups is 1. The summed E-state index contributed by atoms with van der Waals surface area (Å²) in [6, 6.07) is 20.6. The number of amides is 2. The minimum Gasteiger partial charge on any atom is -0.345 e. The lowest BCUT2D eigenvalue weighted by molar-refractivity contribution is 0.208. The van der Waals surface area contributed by atoms with Crippen LogP contribution >= 0.6 is 11.6 Å². The summed E-state index contributed by atoms with van der Waals surface area (Å²) in [5, 5.41) is 12.7. The third kappa shape index (κ3) is 5.63. The zero-order chi connectivity index (χ0) is 20.6. The number of aromatic nitrogens is 1. The number of carbonyl (C=O) groups excluding carboxylic acids is 1. The highest BCUT2D eigenvalue weighted by molar-refractivity contribution is 6.30. The molecule has 0 atom stereocenters. The van der Waals surface area contributed by atoms with Gasteiger partial charge < -0.3 is 14.8 Å². The number of carbonyl (C=O) groups is 1. The molecule has 0 spiro atoms. The first-order chi connectivity index (χ1) is 14.1. The molecule has 0 saturated carbocycles. The summed E-state index contributed by atoms with van der Waals surface area (Å²) in [5.74, 6) is 0. The number of nitrogens with one attached hydrogen (secondary N) is 1. The maximum Gasteiger partial charge on any atom is 0.322 e. The Hall–Kier alpha value is -3.23. The molecule has 5 nitrogen and oxygen atoms in total. The first-order valence-corrected chi connectivity index (χ1v) is 9.91. The molecule has 3 aromatic rings. The Kier molecular flexibility index (Phi) is 6.94. The fourth-order valence-corrected chi connectivity index (χ4v) is 3.38. The van der Waals surface area contributed by atoms with E-state index in [9.17, 15) is 4.79 Å². The SMILES string of the molecule is CCCN(Cc1cccn1Cc1cccc(Cl)c1)C(=O)Nc1cccc(C#N)c1. The average molecular weight is 407 g/mol. The summed E-state index contributed by atoms with van der Waals surface area (Å²) >= 11 is 6.10. The first kappa shape index (κ1) is 20.5. The van der Waals surface area contributed by atoms with Gasteiger partial charge in [-0.2, -0.15) is 5.26 Å². The highest BCUT2D eigenvalue weighted by atomic mass is 35.5. The first-order valence-electron chi connectivity index (χ1n) is 9.53. The second kappa shape index (κ2) is 9.81. The molecule has 29 heavy (non-hydrogen) atoms. The number of anilines is 1. The van der Waals surface area contributed by atoms with Gasteiger partial charge in [0.25, 0.3) is 0 Å². The molecule has 2 amide bonds. The van der Waals surface area contributed by atoms with Crippen LogP contribution in [0.15, 0.2) is 66.9 Å². The number of hydrogen-bond acceptors (Lipinski definition) is 2. The lowest BCUT2D eigenvalue weighted by atomic mass is 10.2. The van der Waals surface area contributed by atoms with E-state index in [0.29, 0.717) is 35.9 Å². The zero-order valence-electron chi connectivity index (χ0n) is 16.3. The molecule has 2 aromatic carbocycles. The number of halogens is 1. The van der Waals surface area contributed by atoms with Crippen LogP contribution in [0.3, 0.4) is 0 Å². The Bertz CT molecular complexity index is 1020. The molecule has 148 valence electrons. The summed E-state index contributed by atoms with van der Waals surface area (Å²) in [6.45, 7) is 3.85. The van der Waals surface area contributed by atoms with Crippen molar-refractivity contribution in [3.05, 3.63) is 88.7 Å². The lowest BCUT2D eigenvalue weighted by Crippen LogP contribution is -2.35. The van der Waals surface area contributed by atoms with Crippen LogP contribution in [0.25, 0.3) is 0 Å². The number of nitriles is 1. The third-order valence-corrected chi connectivity index (χ3v) is 4.78. The molecule has 0 aliphatic heterocycles. The monoisotopic (exact) mass is 406 g/mol. The van der Waals surface area contributed by atoms with E-state index >= 15 is 0 Å². The third-order valence-electron chi connectivity index (χ3n) is 4.54. The van der Waals surface area contributed by atoms with Crippen LogP contribution in [0.4, 0.5) is 10.5 Å². The molecule has 0 aliphatic carbocycles. The molecule has 0 unspecified atom stereocenters. The van der Waals surface area contributed by atoms with Gasteiger partial charge in [-0.05, 0) is 54.4 Å². The van der Waals surface area contributed by atoms with Crippen LogP contribution in [0.5, 0.6) is 0 Å². The number of rotatable bonds is 7. The summed E-state index contributed by atoms with van der Waals surface area (Å²) in [6.07, 6.45) is 2.86. The van der Waals surface area contributed by atoms with Gasteiger partial charge in [-0.15, -0.1) is 0 Å². The van der Waals surface area contributed by atoms with Crippen LogP contribution in [-0.2, 0) is 13.1 Å². The minimum absolute atomic E-state index is 0.183. The zero-order valence-corrected chi connectivity index (χ0v) is 17.1. The molecule has 6 heteroatoms.